The molecule has 0 saturated heterocycles. The van der Waals surface area contributed by atoms with Crippen molar-refractivity contribution < 1.29 is 60.0 Å². The van der Waals surface area contributed by atoms with Crippen molar-refractivity contribution in [2.75, 3.05) is 14.2 Å². The maximum Gasteiger partial charge on any atom is 0.416 e. The number of nitrogens with zero attached hydrogens (tertiary/aromatic N) is 2. The van der Waals surface area contributed by atoms with Crippen LogP contribution >= 0.6 is 23.2 Å². The van der Waals surface area contributed by atoms with Gasteiger partial charge in [-0.1, -0.05) is 47.5 Å². The Morgan fingerprint density at radius 1 is 0.633 bits per heavy atom. The van der Waals surface area contributed by atoms with E-state index in [9.17, 15) is 56.2 Å². The van der Waals surface area contributed by atoms with Crippen LogP contribution in [0.25, 0.3) is 22.3 Å². The van der Waals surface area contributed by atoms with E-state index >= 15 is 0 Å². The molecule has 49 heavy (non-hydrogen) atoms. The van der Waals surface area contributed by atoms with Crippen LogP contribution in [0.15, 0.2) is 60.7 Å². The highest BCUT2D eigenvalue weighted by molar-refractivity contribution is 6.37. The molecule has 0 amide bonds. The zero-order valence-corrected chi connectivity index (χ0v) is 25.9. The number of alkyl halides is 6. The van der Waals surface area contributed by atoms with Crippen LogP contribution in [0.2, 0.25) is 10.0 Å². The number of carbonyl (C=O) groups is 2. The number of nitro groups is 2. The van der Waals surface area contributed by atoms with Gasteiger partial charge in [0.1, 0.15) is 21.5 Å². The fourth-order valence-electron chi connectivity index (χ4n) is 4.59. The minimum Gasteiger partial charge on any atom is -0.465 e. The molecule has 0 aromatic heterocycles. The lowest BCUT2D eigenvalue weighted by Gasteiger charge is -2.17. The number of hydrogen-bond acceptors (Lipinski definition) is 9. The number of ether oxygens (including phenoxy) is 3. The number of nitro benzene ring substituents is 2. The van der Waals surface area contributed by atoms with E-state index in [1.807, 2.05) is 0 Å². The van der Waals surface area contributed by atoms with Crippen molar-refractivity contribution in [1.82, 2.24) is 0 Å². The van der Waals surface area contributed by atoms with Crippen LogP contribution in [-0.2, 0) is 21.8 Å². The number of carbonyl (C=O) groups excluding carboxylic acids is 2. The third-order valence-electron chi connectivity index (χ3n) is 6.82. The fraction of sp³-hybridized carbons (Fsp3) is 0.133. The lowest BCUT2D eigenvalue weighted by Crippen LogP contribution is -2.10. The number of esters is 2. The van der Waals surface area contributed by atoms with Crippen molar-refractivity contribution >= 4 is 46.5 Å². The zero-order chi connectivity index (χ0) is 36.6. The molecule has 0 aliphatic carbocycles. The molecule has 0 radical (unpaired) electrons. The van der Waals surface area contributed by atoms with Gasteiger partial charge in [0.2, 0.25) is 0 Å². The summed E-state index contributed by atoms with van der Waals surface area (Å²) in [5.74, 6) is -4.06. The Morgan fingerprint density at radius 2 is 0.939 bits per heavy atom. The molecule has 0 fully saturated rings. The highest BCUT2D eigenvalue weighted by Crippen LogP contribution is 2.49. The van der Waals surface area contributed by atoms with E-state index in [1.54, 1.807) is 0 Å². The number of methoxy groups -OCH3 is 2. The Kier molecular flexibility index (Phi) is 10.1. The van der Waals surface area contributed by atoms with E-state index in [-0.39, 0.29) is 11.1 Å². The topological polar surface area (TPSA) is 148 Å². The van der Waals surface area contributed by atoms with Gasteiger partial charge < -0.3 is 14.2 Å². The summed E-state index contributed by atoms with van der Waals surface area (Å²) in [6.45, 7) is 0. The monoisotopic (exact) mass is 732 g/mol. The van der Waals surface area contributed by atoms with Crippen molar-refractivity contribution in [1.29, 1.82) is 0 Å². The minimum atomic E-state index is -4.77. The van der Waals surface area contributed by atoms with Crippen LogP contribution in [0.4, 0.5) is 37.7 Å². The van der Waals surface area contributed by atoms with E-state index in [4.69, 9.17) is 27.9 Å². The first-order valence-corrected chi connectivity index (χ1v) is 13.8. The smallest absolute Gasteiger partial charge is 0.416 e. The molecule has 4 aromatic carbocycles. The van der Waals surface area contributed by atoms with Gasteiger partial charge in [0.25, 0.3) is 11.4 Å². The summed E-state index contributed by atoms with van der Waals surface area (Å²) in [4.78, 5) is 47.8. The summed E-state index contributed by atoms with van der Waals surface area (Å²) in [7, 11) is 1.69. The highest BCUT2D eigenvalue weighted by atomic mass is 35.5. The highest BCUT2D eigenvalue weighted by Gasteiger charge is 2.37. The first-order chi connectivity index (χ1) is 22.8. The lowest BCUT2D eigenvalue weighted by molar-refractivity contribution is -0.384. The summed E-state index contributed by atoms with van der Waals surface area (Å²) in [5, 5.41) is 22.8. The molecule has 19 heteroatoms. The van der Waals surface area contributed by atoms with Crippen molar-refractivity contribution in [3.63, 3.8) is 0 Å². The average molecular weight is 733 g/mol. The Hall–Kier alpha value is -5.42. The van der Waals surface area contributed by atoms with Crippen molar-refractivity contribution in [2.45, 2.75) is 12.4 Å². The van der Waals surface area contributed by atoms with E-state index in [0.717, 1.165) is 50.6 Å². The second-order valence-corrected chi connectivity index (χ2v) is 10.4. The molecular weight excluding hydrogens is 717 g/mol. The molecule has 4 aromatic rings. The number of rotatable bonds is 8. The molecule has 0 bridgehead atoms. The maximum absolute atomic E-state index is 13.2. The Morgan fingerprint density at radius 3 is 1.18 bits per heavy atom. The van der Waals surface area contributed by atoms with Gasteiger partial charge in [-0.15, -0.1) is 0 Å². The third kappa shape index (κ3) is 7.22. The number of hydrogen-bond donors (Lipinski definition) is 0. The largest absolute Gasteiger partial charge is 0.465 e. The third-order valence-corrected chi connectivity index (χ3v) is 7.57. The molecule has 11 nitrogen and oxygen atoms in total. The normalized spacial score (nSPS) is 11.6. The molecule has 0 heterocycles. The van der Waals surface area contributed by atoms with Gasteiger partial charge in [-0.2, -0.15) is 26.3 Å². The Labute approximate surface area is 279 Å². The van der Waals surface area contributed by atoms with Gasteiger partial charge in [0, 0.05) is 0 Å². The van der Waals surface area contributed by atoms with E-state index in [0.29, 0.717) is 24.3 Å². The van der Waals surface area contributed by atoms with Gasteiger partial charge in [-0.25, -0.2) is 9.59 Å². The molecule has 0 unspecified atom stereocenters. The standard InChI is InChI=1S/C30H16Cl2F6N2O9/c1-47-27(41)21-23(31)19(11-17(25(21)39(43)44)13-3-7-15(8-4-13)29(33,34)35)49-20-12-18(14-5-9-16(10-6-14)30(36,37)38)26(40(45)46)22(24(20)32)28(42)48-2/h3-12H,1-2H3. The van der Waals surface area contributed by atoms with Gasteiger partial charge in [0.05, 0.1) is 46.3 Å². The maximum atomic E-state index is 13.2. The first kappa shape index (κ1) is 36.4. The summed E-state index contributed by atoms with van der Waals surface area (Å²) >= 11 is 12.8. The van der Waals surface area contributed by atoms with E-state index < -0.39 is 100 Å². The zero-order valence-electron chi connectivity index (χ0n) is 24.4. The molecule has 0 N–H and O–H groups in total. The number of benzene rings is 4. The minimum absolute atomic E-state index is 0.234. The lowest BCUT2D eigenvalue weighted by atomic mass is 9.97. The van der Waals surface area contributed by atoms with Crippen LogP contribution in [0.5, 0.6) is 11.5 Å². The molecule has 0 aliphatic heterocycles. The van der Waals surface area contributed by atoms with Crippen molar-refractivity contribution in [2.24, 2.45) is 0 Å². The molecule has 0 saturated carbocycles. The van der Waals surface area contributed by atoms with Crippen molar-refractivity contribution in [3.8, 4) is 33.8 Å². The second kappa shape index (κ2) is 13.6. The second-order valence-electron chi connectivity index (χ2n) is 9.67. The Bertz CT molecular complexity index is 1860. The van der Waals surface area contributed by atoms with E-state index in [1.165, 1.54) is 0 Å². The molecule has 256 valence electrons. The fourth-order valence-corrected chi connectivity index (χ4v) is 5.11. The van der Waals surface area contributed by atoms with Crippen LogP contribution in [0, 0.1) is 20.2 Å². The van der Waals surface area contributed by atoms with E-state index in [2.05, 4.69) is 9.47 Å². The first-order valence-electron chi connectivity index (χ1n) is 13.0. The van der Waals surface area contributed by atoms with Gasteiger partial charge in [0.15, 0.2) is 11.1 Å². The summed E-state index contributed by atoms with van der Waals surface area (Å²) < 4.78 is 94.4. The Balaban J connectivity index is 2.05. The number of halogens is 8. The quantitative estimate of drug-likeness (QED) is 0.0747. The SMILES string of the molecule is COC(=O)c1c(Cl)c(Oc2cc(-c3ccc(C(F)(F)F)cc3)c([N+](=O)[O-])c(C(=O)OC)c2Cl)cc(-c2ccc(C(F)(F)F)cc2)c1[N+](=O)[O-]. The predicted molar refractivity (Wildman–Crippen MR) is 160 cm³/mol. The van der Waals surface area contributed by atoms with Crippen molar-refractivity contribution in [3.05, 3.63) is 113 Å². The van der Waals surface area contributed by atoms with Crippen LogP contribution < -0.4 is 4.74 Å². The molecule has 0 atom stereocenters. The predicted octanol–water partition coefficient (Wildman–Crippen LogP) is 9.55. The van der Waals surface area contributed by atoms with Crippen LogP contribution in [0.1, 0.15) is 31.8 Å². The summed E-state index contributed by atoms with van der Waals surface area (Å²) in [6, 6.07) is 7.59. The van der Waals surface area contributed by atoms with Gasteiger partial charge in [-0.05, 0) is 47.5 Å². The summed E-state index contributed by atoms with van der Waals surface area (Å²) in [5.41, 5.74) is -7.54. The van der Waals surface area contributed by atoms with Crippen LogP contribution in [0.3, 0.4) is 0 Å². The van der Waals surface area contributed by atoms with Crippen LogP contribution in [-0.4, -0.2) is 36.0 Å². The molecule has 4 rings (SSSR count). The van der Waals surface area contributed by atoms with Gasteiger partial charge >= 0.3 is 24.3 Å². The molecule has 0 spiro atoms. The van der Waals surface area contributed by atoms with Gasteiger partial charge in [-0.3, -0.25) is 20.2 Å². The molecular formula is C30H16Cl2F6N2O9. The molecule has 0 aliphatic rings. The average Bonchev–Trinajstić information content (AvgIpc) is 3.04. The summed E-state index contributed by atoms with van der Waals surface area (Å²) in [6.07, 6.45) is -9.55.